The van der Waals surface area contributed by atoms with E-state index in [-0.39, 0.29) is 25.7 Å². The molecule has 208 valence electrons. The van der Waals surface area contributed by atoms with Gasteiger partial charge in [-0.15, -0.1) is 0 Å². The Hall–Kier alpha value is -5.24. The summed E-state index contributed by atoms with van der Waals surface area (Å²) in [6.07, 6.45) is -0.592. The summed E-state index contributed by atoms with van der Waals surface area (Å²) >= 11 is 0. The molecule has 0 fully saturated rings. The molecule has 0 atom stereocenters. The fraction of sp³-hybridized carbons (Fsp3) is 0.152. The number of aliphatic carboxylic acids is 4. The lowest BCUT2D eigenvalue weighted by Gasteiger charge is -2.37. The maximum Gasteiger partial charge on any atom is 0.307 e. The van der Waals surface area contributed by atoms with Crippen molar-refractivity contribution in [3.05, 3.63) is 142 Å². The highest BCUT2D eigenvalue weighted by molar-refractivity contribution is 5.72. The Morgan fingerprint density at radius 3 is 0.683 bits per heavy atom. The Morgan fingerprint density at radius 2 is 0.537 bits per heavy atom. The van der Waals surface area contributed by atoms with E-state index in [4.69, 9.17) is 0 Å². The lowest BCUT2D eigenvalue weighted by atomic mass is 9.64. The van der Waals surface area contributed by atoms with Crippen LogP contribution in [0.3, 0.4) is 0 Å². The Labute approximate surface area is 236 Å². The molecule has 41 heavy (non-hydrogen) atoms. The van der Waals surface area contributed by atoms with Gasteiger partial charge in [0.05, 0.1) is 31.1 Å². The normalized spacial score (nSPS) is 11.1. The topological polar surface area (TPSA) is 149 Å². The molecule has 0 heterocycles. The van der Waals surface area contributed by atoms with Gasteiger partial charge in [-0.3, -0.25) is 19.2 Å². The molecule has 0 aromatic heterocycles. The third kappa shape index (κ3) is 6.67. The fourth-order valence-electron chi connectivity index (χ4n) is 5.19. The fourth-order valence-corrected chi connectivity index (χ4v) is 5.19. The van der Waals surface area contributed by atoms with Crippen molar-refractivity contribution in [3.63, 3.8) is 0 Å². The standard InChI is InChI=1S/C33H28O8/c34-29(35)17-21-1-9-25(10-2-21)33(26-11-3-22(4-12-26)18-30(36)37,27-13-5-23(6-14-27)19-31(38)39)28-15-7-24(8-16-28)20-32(40)41/h1-16H,17-20H2,(H,34,35)(H,36,37)(H,38,39)(H,40,41). The summed E-state index contributed by atoms with van der Waals surface area (Å²) in [4.78, 5) is 45.3. The van der Waals surface area contributed by atoms with Crippen LogP contribution in [0, 0.1) is 0 Å². The largest absolute Gasteiger partial charge is 0.481 e. The predicted molar refractivity (Wildman–Crippen MR) is 150 cm³/mol. The van der Waals surface area contributed by atoms with E-state index in [1.807, 2.05) is 48.5 Å². The van der Waals surface area contributed by atoms with Crippen molar-refractivity contribution < 1.29 is 39.6 Å². The predicted octanol–water partition coefficient (Wildman–Crippen LogP) is 4.58. The third-order valence-electron chi connectivity index (χ3n) is 6.97. The van der Waals surface area contributed by atoms with Crippen LogP contribution in [-0.4, -0.2) is 44.3 Å². The van der Waals surface area contributed by atoms with Crippen molar-refractivity contribution in [3.8, 4) is 0 Å². The van der Waals surface area contributed by atoms with Crippen LogP contribution < -0.4 is 0 Å². The second-order valence-corrected chi connectivity index (χ2v) is 9.82. The number of carboxylic acid groups (broad SMARTS) is 4. The third-order valence-corrected chi connectivity index (χ3v) is 6.97. The maximum atomic E-state index is 11.3. The van der Waals surface area contributed by atoms with Crippen LogP contribution in [0.15, 0.2) is 97.1 Å². The minimum absolute atomic E-state index is 0.148. The summed E-state index contributed by atoms with van der Waals surface area (Å²) in [5.41, 5.74) is 4.60. The van der Waals surface area contributed by atoms with Crippen LogP contribution >= 0.6 is 0 Å². The van der Waals surface area contributed by atoms with Gasteiger partial charge in [0.2, 0.25) is 0 Å². The highest BCUT2D eigenvalue weighted by atomic mass is 16.4. The number of carbonyl (C=O) groups is 4. The lowest BCUT2D eigenvalue weighted by molar-refractivity contribution is -0.137. The van der Waals surface area contributed by atoms with E-state index in [0.717, 1.165) is 22.3 Å². The molecule has 0 amide bonds. The molecule has 8 heteroatoms. The van der Waals surface area contributed by atoms with Crippen LogP contribution in [0.5, 0.6) is 0 Å². The SMILES string of the molecule is O=C(O)Cc1ccc(C(c2ccc(CC(=O)O)cc2)(c2ccc(CC(=O)O)cc2)c2ccc(CC(=O)O)cc2)cc1. The summed E-state index contributed by atoms with van der Waals surface area (Å²) in [5.74, 6) is -3.83. The van der Waals surface area contributed by atoms with Gasteiger partial charge in [-0.25, -0.2) is 0 Å². The minimum Gasteiger partial charge on any atom is -0.481 e. The Morgan fingerprint density at radius 1 is 0.366 bits per heavy atom. The van der Waals surface area contributed by atoms with Crippen LogP contribution in [0.1, 0.15) is 44.5 Å². The number of hydrogen-bond donors (Lipinski definition) is 4. The van der Waals surface area contributed by atoms with Crippen LogP contribution in [0.25, 0.3) is 0 Å². The highest BCUT2D eigenvalue weighted by Gasteiger charge is 2.38. The minimum atomic E-state index is -0.993. The number of carboxylic acids is 4. The molecule has 0 unspecified atom stereocenters. The number of rotatable bonds is 12. The smallest absolute Gasteiger partial charge is 0.307 e. The first-order valence-corrected chi connectivity index (χ1v) is 12.8. The van der Waals surface area contributed by atoms with E-state index in [9.17, 15) is 39.6 Å². The van der Waals surface area contributed by atoms with E-state index >= 15 is 0 Å². The number of benzene rings is 4. The molecule has 4 N–H and O–H groups in total. The van der Waals surface area contributed by atoms with E-state index in [1.165, 1.54) is 0 Å². The van der Waals surface area contributed by atoms with Crippen LogP contribution in [0.4, 0.5) is 0 Å². The van der Waals surface area contributed by atoms with Gasteiger partial charge in [-0.05, 0) is 44.5 Å². The average molecular weight is 553 g/mol. The summed E-state index contributed by atoms with van der Waals surface area (Å²) in [5, 5.41) is 37.1. The molecule has 4 aromatic carbocycles. The van der Waals surface area contributed by atoms with Crippen molar-refractivity contribution in [1.29, 1.82) is 0 Å². The van der Waals surface area contributed by atoms with Crippen LogP contribution in [0.2, 0.25) is 0 Å². The lowest BCUT2D eigenvalue weighted by Crippen LogP contribution is -2.31. The van der Waals surface area contributed by atoms with Gasteiger partial charge in [0.15, 0.2) is 0 Å². The quantitative estimate of drug-likeness (QED) is 0.187. The zero-order valence-corrected chi connectivity index (χ0v) is 22.0. The Kier molecular flexibility index (Phi) is 8.63. The van der Waals surface area contributed by atoms with E-state index < -0.39 is 29.3 Å². The molecule has 0 saturated carbocycles. The average Bonchev–Trinajstić information content (AvgIpc) is 2.91. The first kappa shape index (κ1) is 28.8. The molecule has 0 aliphatic carbocycles. The molecule has 0 saturated heterocycles. The van der Waals surface area contributed by atoms with Gasteiger partial charge < -0.3 is 20.4 Å². The van der Waals surface area contributed by atoms with Gasteiger partial charge in [-0.1, -0.05) is 97.1 Å². The second-order valence-electron chi connectivity index (χ2n) is 9.82. The van der Waals surface area contributed by atoms with Crippen LogP contribution in [-0.2, 0) is 50.3 Å². The molecule has 0 radical (unpaired) electrons. The van der Waals surface area contributed by atoms with E-state index in [1.54, 1.807) is 48.5 Å². The van der Waals surface area contributed by atoms with E-state index in [2.05, 4.69) is 0 Å². The molecule has 4 rings (SSSR count). The second kappa shape index (κ2) is 12.3. The monoisotopic (exact) mass is 552 g/mol. The van der Waals surface area contributed by atoms with Gasteiger partial charge in [0.1, 0.15) is 0 Å². The van der Waals surface area contributed by atoms with Gasteiger partial charge in [0, 0.05) is 0 Å². The zero-order valence-electron chi connectivity index (χ0n) is 22.0. The first-order chi connectivity index (χ1) is 19.6. The summed E-state index contributed by atoms with van der Waals surface area (Å²) in [6, 6.07) is 28.7. The van der Waals surface area contributed by atoms with Crippen molar-refractivity contribution in [1.82, 2.24) is 0 Å². The Bertz CT molecular complexity index is 1310. The van der Waals surface area contributed by atoms with Gasteiger partial charge in [0.25, 0.3) is 0 Å². The van der Waals surface area contributed by atoms with Gasteiger partial charge >= 0.3 is 23.9 Å². The maximum absolute atomic E-state index is 11.3. The van der Waals surface area contributed by atoms with Crippen molar-refractivity contribution in [2.75, 3.05) is 0 Å². The molecular formula is C33H28O8. The molecule has 4 aromatic rings. The molecule has 0 aliphatic rings. The van der Waals surface area contributed by atoms with E-state index in [0.29, 0.717) is 22.3 Å². The molecule has 0 spiro atoms. The zero-order chi connectivity index (χ0) is 29.6. The molecule has 0 aliphatic heterocycles. The summed E-state index contributed by atoms with van der Waals surface area (Å²) < 4.78 is 0. The molecule has 0 bridgehead atoms. The van der Waals surface area contributed by atoms with Crippen molar-refractivity contribution in [2.24, 2.45) is 0 Å². The van der Waals surface area contributed by atoms with Crippen molar-refractivity contribution in [2.45, 2.75) is 31.1 Å². The molecule has 8 nitrogen and oxygen atoms in total. The highest BCUT2D eigenvalue weighted by Crippen LogP contribution is 2.45. The van der Waals surface area contributed by atoms with Crippen molar-refractivity contribution >= 4 is 23.9 Å². The first-order valence-electron chi connectivity index (χ1n) is 12.8. The molecular weight excluding hydrogens is 524 g/mol. The Balaban J connectivity index is 1.99. The van der Waals surface area contributed by atoms with Gasteiger partial charge in [-0.2, -0.15) is 0 Å². The summed E-state index contributed by atoms with van der Waals surface area (Å²) in [6.45, 7) is 0. The summed E-state index contributed by atoms with van der Waals surface area (Å²) in [7, 11) is 0. The number of hydrogen-bond acceptors (Lipinski definition) is 4.